The average molecular weight is 510 g/mol. The Morgan fingerprint density at radius 1 is 1.22 bits per heavy atom. The molecule has 1 atom stereocenters. The van der Waals surface area contributed by atoms with Crippen molar-refractivity contribution in [1.82, 2.24) is 5.32 Å². The second-order valence-electron chi connectivity index (χ2n) is 9.09. The van der Waals surface area contributed by atoms with Crippen molar-refractivity contribution >= 4 is 11.6 Å². The third-order valence-corrected chi connectivity index (χ3v) is 5.95. The fourth-order valence-electron chi connectivity index (χ4n) is 4.38. The van der Waals surface area contributed by atoms with Crippen LogP contribution in [0.5, 0.6) is 11.5 Å². The zero-order valence-electron chi connectivity index (χ0n) is 20.7. The molecule has 2 aromatic carbocycles. The number of carbonyl (C=O) groups excluding carboxylic acids is 1. The van der Waals surface area contributed by atoms with Gasteiger partial charge in [-0.15, -0.1) is 0 Å². The summed E-state index contributed by atoms with van der Waals surface area (Å²) in [6.45, 7) is 4.72. The largest absolute Gasteiger partial charge is 0.488 e. The summed E-state index contributed by atoms with van der Waals surface area (Å²) in [5.74, 6) is -0.153. The van der Waals surface area contributed by atoms with E-state index < -0.39 is 18.7 Å². The molecule has 2 aromatic rings. The summed E-state index contributed by atoms with van der Waals surface area (Å²) in [5.41, 5.74) is 9.98. The van der Waals surface area contributed by atoms with Crippen molar-refractivity contribution in [3.63, 3.8) is 0 Å². The number of aryl methyl sites for hydroxylation is 1. The second kappa shape index (κ2) is 12.3. The van der Waals surface area contributed by atoms with Gasteiger partial charge in [0.1, 0.15) is 6.61 Å². The first-order valence-corrected chi connectivity index (χ1v) is 12.0. The Balaban J connectivity index is 1.56. The molecule has 0 unspecified atom stereocenters. The van der Waals surface area contributed by atoms with Gasteiger partial charge < -0.3 is 30.5 Å². The number of primary amides is 1. The summed E-state index contributed by atoms with van der Waals surface area (Å²) in [5, 5.41) is 12.5. The topological polar surface area (TPSA) is 97.1 Å². The van der Waals surface area contributed by atoms with Crippen LogP contribution in [0.1, 0.15) is 40.4 Å². The lowest BCUT2D eigenvalue weighted by Crippen LogP contribution is -2.32. The highest BCUT2D eigenvalue weighted by atomic mass is 19.4. The van der Waals surface area contributed by atoms with Crippen molar-refractivity contribution in [3.05, 3.63) is 52.6 Å². The number of amides is 1. The first kappa shape index (κ1) is 27.6. The fourth-order valence-corrected chi connectivity index (χ4v) is 4.38. The zero-order valence-corrected chi connectivity index (χ0v) is 20.7. The van der Waals surface area contributed by atoms with E-state index in [-0.39, 0.29) is 30.8 Å². The highest BCUT2D eigenvalue weighted by Crippen LogP contribution is 2.34. The number of nitrogens with one attached hydrogen (secondary N) is 1. The lowest BCUT2D eigenvalue weighted by molar-refractivity contribution is -0.153. The van der Waals surface area contributed by atoms with E-state index in [9.17, 15) is 18.0 Å². The van der Waals surface area contributed by atoms with Crippen LogP contribution in [-0.2, 0) is 12.8 Å². The van der Waals surface area contributed by atoms with Crippen molar-refractivity contribution in [2.75, 3.05) is 44.4 Å². The number of nitrogens with zero attached hydrogens (tertiary/aromatic N) is 1. The van der Waals surface area contributed by atoms with Crippen LogP contribution in [0.4, 0.5) is 18.9 Å². The maximum Gasteiger partial charge on any atom is 0.422 e. The number of carbonyl (C=O) groups is 1. The van der Waals surface area contributed by atoms with Crippen molar-refractivity contribution in [3.8, 4) is 11.5 Å². The molecule has 3 rings (SSSR count). The van der Waals surface area contributed by atoms with Crippen LogP contribution in [0.2, 0.25) is 0 Å². The predicted molar refractivity (Wildman–Crippen MR) is 132 cm³/mol. The van der Waals surface area contributed by atoms with E-state index in [4.69, 9.17) is 20.3 Å². The van der Waals surface area contributed by atoms with Gasteiger partial charge in [0.15, 0.2) is 18.1 Å². The van der Waals surface area contributed by atoms with Gasteiger partial charge in [-0.2, -0.15) is 13.2 Å². The summed E-state index contributed by atoms with van der Waals surface area (Å²) >= 11 is 0. The number of aliphatic hydroxyl groups excluding tert-OH is 1. The number of halogens is 3. The minimum absolute atomic E-state index is 0.0520. The van der Waals surface area contributed by atoms with Crippen LogP contribution in [0.3, 0.4) is 0 Å². The van der Waals surface area contributed by atoms with E-state index in [0.717, 1.165) is 35.3 Å². The molecular weight excluding hydrogens is 475 g/mol. The summed E-state index contributed by atoms with van der Waals surface area (Å²) in [6, 6.07) is 8.78. The van der Waals surface area contributed by atoms with Crippen molar-refractivity contribution in [2.45, 2.75) is 45.3 Å². The molecule has 0 fully saturated rings. The van der Waals surface area contributed by atoms with Crippen LogP contribution in [0.25, 0.3) is 0 Å². The van der Waals surface area contributed by atoms with Gasteiger partial charge in [0.05, 0.1) is 11.3 Å². The number of hydrogen-bond acceptors (Lipinski definition) is 6. The van der Waals surface area contributed by atoms with Crippen molar-refractivity contribution in [1.29, 1.82) is 0 Å². The molecule has 10 heteroatoms. The lowest BCUT2D eigenvalue weighted by atomic mass is 9.98. The van der Waals surface area contributed by atoms with Gasteiger partial charge in [-0.3, -0.25) is 4.79 Å². The lowest BCUT2D eigenvalue weighted by Gasteiger charge is -2.22. The molecule has 1 aliphatic heterocycles. The first-order valence-electron chi connectivity index (χ1n) is 12.0. The molecule has 4 N–H and O–H groups in total. The highest BCUT2D eigenvalue weighted by molar-refractivity contribution is 6.00. The van der Waals surface area contributed by atoms with Crippen LogP contribution >= 0.6 is 0 Å². The van der Waals surface area contributed by atoms with E-state index >= 15 is 0 Å². The normalized spacial score (nSPS) is 14.0. The highest BCUT2D eigenvalue weighted by Gasteiger charge is 2.29. The fraction of sp³-hybridized carbons (Fsp3) is 0.500. The van der Waals surface area contributed by atoms with Crippen LogP contribution < -0.4 is 25.4 Å². The Morgan fingerprint density at radius 2 is 2.00 bits per heavy atom. The van der Waals surface area contributed by atoms with Gasteiger partial charge in [0, 0.05) is 32.3 Å². The molecule has 1 amide bonds. The minimum atomic E-state index is -4.43. The summed E-state index contributed by atoms with van der Waals surface area (Å²) < 4.78 is 48.2. The number of benzene rings is 2. The smallest absolute Gasteiger partial charge is 0.422 e. The van der Waals surface area contributed by atoms with Crippen molar-refractivity contribution in [2.24, 2.45) is 5.73 Å². The molecular formula is C26H34F3N3O4. The molecule has 198 valence electrons. The van der Waals surface area contributed by atoms with Crippen molar-refractivity contribution < 1.29 is 32.5 Å². The summed E-state index contributed by atoms with van der Waals surface area (Å²) in [4.78, 5) is 14.3. The summed E-state index contributed by atoms with van der Waals surface area (Å²) in [6.07, 6.45) is -2.32. The Kier molecular flexibility index (Phi) is 9.44. The molecule has 1 heterocycles. The monoisotopic (exact) mass is 509 g/mol. The predicted octanol–water partition coefficient (Wildman–Crippen LogP) is 3.38. The number of anilines is 1. The summed E-state index contributed by atoms with van der Waals surface area (Å²) in [7, 11) is 0. The van der Waals surface area contributed by atoms with Gasteiger partial charge in [-0.25, -0.2) is 0 Å². The first-order chi connectivity index (χ1) is 17.1. The molecule has 36 heavy (non-hydrogen) atoms. The molecule has 0 aliphatic carbocycles. The average Bonchev–Trinajstić information content (AvgIpc) is 3.21. The molecule has 1 aliphatic rings. The molecule has 0 bridgehead atoms. The van der Waals surface area contributed by atoms with E-state index in [1.807, 2.05) is 19.9 Å². The number of nitrogens with two attached hydrogens (primary N) is 1. The Bertz CT molecular complexity index is 1050. The maximum atomic E-state index is 12.5. The number of aliphatic hydroxyl groups is 1. The Morgan fingerprint density at radius 3 is 2.69 bits per heavy atom. The second-order valence-corrected chi connectivity index (χ2v) is 9.09. The molecule has 0 saturated heterocycles. The quantitative estimate of drug-likeness (QED) is 0.358. The van der Waals surface area contributed by atoms with Gasteiger partial charge in [-0.1, -0.05) is 12.1 Å². The molecule has 0 spiro atoms. The number of fused-ring (bicyclic) bond motifs is 1. The third-order valence-electron chi connectivity index (χ3n) is 5.95. The van der Waals surface area contributed by atoms with Gasteiger partial charge >= 0.3 is 6.18 Å². The number of ether oxygens (including phenoxy) is 2. The van der Waals surface area contributed by atoms with E-state index in [1.165, 1.54) is 6.07 Å². The number of rotatable bonds is 13. The van der Waals surface area contributed by atoms with Crippen LogP contribution in [0.15, 0.2) is 30.3 Å². The van der Waals surface area contributed by atoms with Gasteiger partial charge in [-0.05, 0) is 68.0 Å². The zero-order chi connectivity index (χ0) is 26.3. The third kappa shape index (κ3) is 7.76. The van der Waals surface area contributed by atoms with Crippen LogP contribution in [-0.4, -0.2) is 62.7 Å². The van der Waals surface area contributed by atoms with E-state index in [2.05, 4.69) is 16.3 Å². The van der Waals surface area contributed by atoms with Gasteiger partial charge in [0.2, 0.25) is 0 Å². The number of alkyl halides is 3. The molecule has 0 radical (unpaired) electrons. The minimum Gasteiger partial charge on any atom is -0.488 e. The standard InChI is InChI=1S/C26H34F3N3O4/c1-17-4-5-22(36-16-26(27,28)29)23(12-17)35-11-7-31-18(2)13-19-14-20-6-9-32(8-3-10-33)24(20)21(15-19)25(30)34/h4-5,12,14-15,18,31,33H,3,6-11,13,16H2,1-2H3,(H2,30,34)/t18-/m1/s1. The van der Waals surface area contributed by atoms with E-state index in [1.54, 1.807) is 12.1 Å². The Labute approximate surface area is 209 Å². The Hall–Kier alpha value is -2.98. The number of hydrogen-bond donors (Lipinski definition) is 3. The molecule has 0 aromatic heterocycles. The molecule has 7 nitrogen and oxygen atoms in total. The molecule has 0 saturated carbocycles. The van der Waals surface area contributed by atoms with Gasteiger partial charge in [0.25, 0.3) is 5.91 Å². The van der Waals surface area contributed by atoms with Crippen LogP contribution in [0, 0.1) is 6.92 Å². The maximum absolute atomic E-state index is 12.5. The van der Waals surface area contributed by atoms with E-state index in [0.29, 0.717) is 31.5 Å². The SMILES string of the molecule is Cc1ccc(OCC(F)(F)F)c(OCCN[C@H](C)Cc2cc3c(c(C(N)=O)c2)N(CCCO)CC3)c1.